The predicted octanol–water partition coefficient (Wildman–Crippen LogP) is 2.18. The first kappa shape index (κ1) is 14.9. The standard InChI is InChI=1S/C19H16FNO3/c1-12-8-18(22)24-19-14(12)6-7-17-15(19)10-21(11-23-17)9-13-4-2-3-5-16(13)20/h2-8H,9-11H2,1H3/p+1. The van der Waals surface area contributed by atoms with Crippen LogP contribution in [0, 0.1) is 12.7 Å². The molecule has 1 aliphatic heterocycles. The molecule has 0 amide bonds. The fraction of sp³-hybridized carbons (Fsp3) is 0.211. The molecular weight excluding hydrogens is 309 g/mol. The molecule has 1 N–H and O–H groups in total. The van der Waals surface area contributed by atoms with Crippen molar-refractivity contribution in [1.82, 2.24) is 0 Å². The minimum Gasteiger partial charge on any atom is -0.445 e. The van der Waals surface area contributed by atoms with E-state index < -0.39 is 0 Å². The Morgan fingerprint density at radius 2 is 2.04 bits per heavy atom. The van der Waals surface area contributed by atoms with Gasteiger partial charge in [0.25, 0.3) is 0 Å². The third kappa shape index (κ3) is 2.57. The number of hydrogen-bond donors (Lipinski definition) is 1. The summed E-state index contributed by atoms with van der Waals surface area (Å²) in [5, 5.41) is 0.907. The van der Waals surface area contributed by atoms with Crippen molar-refractivity contribution in [3.05, 3.63) is 75.4 Å². The minimum atomic E-state index is -0.366. The van der Waals surface area contributed by atoms with Crippen molar-refractivity contribution in [2.75, 3.05) is 6.73 Å². The Bertz CT molecular complexity index is 980. The van der Waals surface area contributed by atoms with Gasteiger partial charge in [0.15, 0.2) is 5.58 Å². The van der Waals surface area contributed by atoms with Gasteiger partial charge in [0.05, 0.1) is 5.56 Å². The zero-order valence-electron chi connectivity index (χ0n) is 13.3. The van der Waals surface area contributed by atoms with Crippen molar-refractivity contribution in [1.29, 1.82) is 0 Å². The van der Waals surface area contributed by atoms with Crippen LogP contribution in [-0.4, -0.2) is 6.73 Å². The van der Waals surface area contributed by atoms with Gasteiger partial charge in [-0.1, -0.05) is 18.2 Å². The fourth-order valence-corrected chi connectivity index (χ4v) is 3.23. The monoisotopic (exact) mass is 326 g/mol. The molecule has 4 nitrogen and oxygen atoms in total. The highest BCUT2D eigenvalue weighted by molar-refractivity contribution is 5.84. The lowest BCUT2D eigenvalue weighted by molar-refractivity contribution is -0.945. The van der Waals surface area contributed by atoms with Gasteiger partial charge in [-0.25, -0.2) is 9.18 Å². The molecule has 1 atom stereocenters. The van der Waals surface area contributed by atoms with Crippen LogP contribution < -0.4 is 15.3 Å². The Hall–Kier alpha value is -2.66. The number of benzene rings is 2. The van der Waals surface area contributed by atoms with Gasteiger partial charge in [-0.15, -0.1) is 0 Å². The van der Waals surface area contributed by atoms with E-state index in [0.717, 1.165) is 27.2 Å². The van der Waals surface area contributed by atoms with E-state index in [0.29, 0.717) is 31.0 Å². The number of fused-ring (bicyclic) bond motifs is 3. The predicted molar refractivity (Wildman–Crippen MR) is 87.5 cm³/mol. The molecule has 1 unspecified atom stereocenters. The van der Waals surface area contributed by atoms with E-state index >= 15 is 0 Å². The fourth-order valence-electron chi connectivity index (χ4n) is 3.23. The van der Waals surface area contributed by atoms with Crippen molar-refractivity contribution < 1.29 is 18.4 Å². The first-order valence-electron chi connectivity index (χ1n) is 7.88. The van der Waals surface area contributed by atoms with E-state index in [1.165, 1.54) is 12.1 Å². The summed E-state index contributed by atoms with van der Waals surface area (Å²) >= 11 is 0. The van der Waals surface area contributed by atoms with Crippen molar-refractivity contribution >= 4 is 11.0 Å². The number of quaternary nitrogens is 1. The van der Waals surface area contributed by atoms with Gasteiger partial charge in [-0.2, -0.15) is 0 Å². The zero-order valence-corrected chi connectivity index (χ0v) is 13.3. The van der Waals surface area contributed by atoms with Crippen molar-refractivity contribution in [3.63, 3.8) is 0 Å². The molecule has 2 aromatic carbocycles. The normalized spacial score (nSPS) is 16.7. The van der Waals surface area contributed by atoms with Gasteiger partial charge in [-0.3, -0.25) is 4.90 Å². The molecule has 4 rings (SSSR count). The summed E-state index contributed by atoms with van der Waals surface area (Å²) in [5.74, 6) is 0.518. The van der Waals surface area contributed by atoms with Crippen LogP contribution in [0.25, 0.3) is 11.0 Å². The Labute approximate surface area is 138 Å². The number of rotatable bonds is 2. The topological polar surface area (TPSA) is 43.9 Å². The van der Waals surface area contributed by atoms with Crippen LogP contribution in [0.15, 0.2) is 51.7 Å². The van der Waals surface area contributed by atoms with E-state index in [-0.39, 0.29) is 11.4 Å². The highest BCUT2D eigenvalue weighted by atomic mass is 19.1. The van der Waals surface area contributed by atoms with Crippen LogP contribution in [0.5, 0.6) is 5.75 Å². The van der Waals surface area contributed by atoms with E-state index in [1.54, 1.807) is 12.1 Å². The molecule has 2 heterocycles. The lowest BCUT2D eigenvalue weighted by Gasteiger charge is -2.26. The van der Waals surface area contributed by atoms with Gasteiger partial charge in [0.1, 0.15) is 24.7 Å². The van der Waals surface area contributed by atoms with Crippen molar-refractivity contribution in [3.8, 4) is 5.75 Å². The highest BCUT2D eigenvalue weighted by Gasteiger charge is 2.25. The number of halogens is 1. The Balaban J connectivity index is 1.72. The van der Waals surface area contributed by atoms with Crippen LogP contribution in [0.1, 0.15) is 16.7 Å². The molecule has 3 aromatic rings. The summed E-state index contributed by atoms with van der Waals surface area (Å²) in [4.78, 5) is 12.8. The lowest BCUT2D eigenvalue weighted by atomic mass is 10.0. The molecule has 0 radical (unpaired) electrons. The largest absolute Gasteiger partial charge is 0.445 e. The third-order valence-electron chi connectivity index (χ3n) is 4.44. The minimum absolute atomic E-state index is 0.212. The molecule has 24 heavy (non-hydrogen) atoms. The SMILES string of the molecule is Cc1cc(=O)oc2c3c(ccc12)OC[NH+](Cc1ccccc1F)C3. The second-order valence-corrected chi connectivity index (χ2v) is 6.15. The van der Waals surface area contributed by atoms with Crippen LogP contribution >= 0.6 is 0 Å². The molecule has 0 saturated heterocycles. The van der Waals surface area contributed by atoms with E-state index in [2.05, 4.69) is 0 Å². The van der Waals surface area contributed by atoms with E-state index in [1.807, 2.05) is 25.1 Å². The molecule has 1 aliphatic rings. The number of hydrogen-bond acceptors (Lipinski definition) is 3. The van der Waals surface area contributed by atoms with Crippen LogP contribution in [0.2, 0.25) is 0 Å². The zero-order chi connectivity index (χ0) is 16.7. The average molecular weight is 326 g/mol. The molecule has 1 aromatic heterocycles. The molecule has 0 saturated carbocycles. The summed E-state index contributed by atoms with van der Waals surface area (Å²) in [6.07, 6.45) is 0. The van der Waals surface area contributed by atoms with Gasteiger partial charge < -0.3 is 9.15 Å². The Morgan fingerprint density at radius 1 is 1.21 bits per heavy atom. The maximum absolute atomic E-state index is 13.9. The lowest BCUT2D eigenvalue weighted by Crippen LogP contribution is -3.11. The summed E-state index contributed by atoms with van der Waals surface area (Å²) < 4.78 is 25.1. The highest BCUT2D eigenvalue weighted by Crippen LogP contribution is 2.29. The molecule has 122 valence electrons. The van der Waals surface area contributed by atoms with Crippen molar-refractivity contribution in [2.45, 2.75) is 20.0 Å². The first-order chi connectivity index (χ1) is 11.6. The van der Waals surface area contributed by atoms with Gasteiger partial charge >= 0.3 is 5.63 Å². The smallest absolute Gasteiger partial charge is 0.336 e. The van der Waals surface area contributed by atoms with Crippen LogP contribution in [0.4, 0.5) is 4.39 Å². The first-order valence-corrected chi connectivity index (χ1v) is 7.88. The van der Waals surface area contributed by atoms with Crippen molar-refractivity contribution in [2.24, 2.45) is 0 Å². The molecule has 0 bridgehead atoms. The van der Waals surface area contributed by atoms with Gasteiger partial charge in [0, 0.05) is 17.0 Å². The Morgan fingerprint density at radius 3 is 2.88 bits per heavy atom. The number of ether oxygens (including phenoxy) is 1. The quantitative estimate of drug-likeness (QED) is 0.734. The molecular formula is C19H17FNO3+. The van der Waals surface area contributed by atoms with E-state index in [4.69, 9.17) is 9.15 Å². The van der Waals surface area contributed by atoms with Crippen LogP contribution in [0.3, 0.4) is 0 Å². The Kier molecular flexibility index (Phi) is 3.58. The maximum atomic E-state index is 13.9. The second kappa shape index (κ2) is 5.76. The average Bonchev–Trinajstić information content (AvgIpc) is 2.57. The maximum Gasteiger partial charge on any atom is 0.336 e. The summed E-state index contributed by atoms with van der Waals surface area (Å²) in [6.45, 7) is 3.47. The van der Waals surface area contributed by atoms with Gasteiger partial charge in [-0.05, 0) is 30.7 Å². The van der Waals surface area contributed by atoms with E-state index in [9.17, 15) is 9.18 Å². The molecule has 0 aliphatic carbocycles. The molecule has 0 spiro atoms. The number of aryl methyl sites for hydroxylation is 1. The summed E-state index contributed by atoms with van der Waals surface area (Å²) in [5.41, 5.74) is 2.60. The second-order valence-electron chi connectivity index (χ2n) is 6.15. The van der Waals surface area contributed by atoms with Crippen LogP contribution in [-0.2, 0) is 13.1 Å². The molecule has 5 heteroatoms. The van der Waals surface area contributed by atoms with Gasteiger partial charge in [0.2, 0.25) is 6.73 Å². The summed E-state index contributed by atoms with van der Waals surface area (Å²) in [7, 11) is 0. The summed E-state index contributed by atoms with van der Waals surface area (Å²) in [6, 6.07) is 12.1. The number of nitrogens with one attached hydrogen (secondary N) is 1. The molecule has 0 fully saturated rings. The third-order valence-corrected chi connectivity index (χ3v) is 4.44.